The van der Waals surface area contributed by atoms with E-state index < -0.39 is 46.9 Å². The van der Waals surface area contributed by atoms with Gasteiger partial charge in [-0.1, -0.05) is 47.2 Å². The molecule has 146 valence electrons. The van der Waals surface area contributed by atoms with Crippen LogP contribution in [0.15, 0.2) is 35.5 Å². The third kappa shape index (κ3) is 5.89. The van der Waals surface area contributed by atoms with E-state index in [4.69, 9.17) is 4.74 Å². The zero-order valence-electron chi connectivity index (χ0n) is 13.3. The van der Waals surface area contributed by atoms with Gasteiger partial charge in [0.25, 0.3) is 10.4 Å². The first kappa shape index (κ1) is 21.1. The van der Waals surface area contributed by atoms with Crippen molar-refractivity contribution in [3.8, 4) is 0 Å². The Labute approximate surface area is 154 Å². The average molecular weight is 408 g/mol. The van der Waals surface area contributed by atoms with Gasteiger partial charge in [-0.2, -0.15) is 8.42 Å². The molecule has 1 aromatic rings. The molecule has 0 radical (unpaired) electrons. The molecular formula is C14H18NO9S2-. The van der Waals surface area contributed by atoms with Gasteiger partial charge in [-0.25, -0.2) is 0 Å². The summed E-state index contributed by atoms with van der Waals surface area (Å²) in [7, 11) is -5.08. The van der Waals surface area contributed by atoms with Crippen molar-refractivity contribution in [2.24, 2.45) is 5.16 Å². The lowest BCUT2D eigenvalue weighted by Gasteiger charge is -2.39. The third-order valence-corrected chi connectivity index (χ3v) is 4.90. The molecule has 0 amide bonds. The minimum Gasteiger partial charge on any atom is -0.714 e. The summed E-state index contributed by atoms with van der Waals surface area (Å²) in [6.45, 7) is -0.612. The highest BCUT2D eigenvalue weighted by Gasteiger charge is 2.44. The van der Waals surface area contributed by atoms with Crippen LogP contribution in [-0.2, 0) is 25.8 Å². The van der Waals surface area contributed by atoms with Crippen molar-refractivity contribution in [1.29, 1.82) is 0 Å². The van der Waals surface area contributed by atoms with Gasteiger partial charge in [-0.05, 0) is 5.56 Å². The van der Waals surface area contributed by atoms with Crippen LogP contribution in [0.3, 0.4) is 0 Å². The van der Waals surface area contributed by atoms with Crippen LogP contribution in [0.2, 0.25) is 0 Å². The van der Waals surface area contributed by atoms with Crippen LogP contribution >= 0.6 is 11.8 Å². The Kier molecular flexibility index (Phi) is 7.37. The second-order valence-corrected chi connectivity index (χ2v) is 7.58. The predicted octanol–water partition coefficient (Wildman–Crippen LogP) is -1.45. The van der Waals surface area contributed by atoms with E-state index in [-0.39, 0.29) is 11.5 Å². The molecule has 1 aliphatic rings. The highest BCUT2D eigenvalue weighted by Crippen LogP contribution is 2.30. The average Bonchev–Trinajstić information content (AvgIpc) is 2.60. The maximum atomic E-state index is 10.7. The summed E-state index contributed by atoms with van der Waals surface area (Å²) in [5.41, 5.74) is -0.485. The van der Waals surface area contributed by atoms with Crippen LogP contribution in [-0.4, -0.2) is 74.9 Å². The number of aliphatic hydroxyl groups excluding tert-OH is 4. The molecule has 2 rings (SSSR count). The number of rotatable bonds is 6. The summed E-state index contributed by atoms with van der Waals surface area (Å²) >= 11 is 0.701. The number of aliphatic hydroxyl groups is 4. The molecule has 0 unspecified atom stereocenters. The maximum absolute atomic E-state index is 10.7. The van der Waals surface area contributed by atoms with Crippen molar-refractivity contribution in [3.05, 3.63) is 35.9 Å². The zero-order valence-corrected chi connectivity index (χ0v) is 14.9. The van der Waals surface area contributed by atoms with Crippen LogP contribution in [0.4, 0.5) is 0 Å². The highest BCUT2D eigenvalue weighted by molar-refractivity contribution is 8.14. The molecule has 0 aromatic heterocycles. The second-order valence-electron chi connectivity index (χ2n) is 5.45. The molecule has 0 saturated carbocycles. The largest absolute Gasteiger partial charge is 0.714 e. The summed E-state index contributed by atoms with van der Waals surface area (Å²) in [5, 5.41) is 42.1. The Morgan fingerprint density at radius 1 is 1.19 bits per heavy atom. The molecule has 0 bridgehead atoms. The van der Waals surface area contributed by atoms with Gasteiger partial charge in [0.2, 0.25) is 0 Å². The third-order valence-electron chi connectivity index (χ3n) is 3.53. The molecule has 10 nitrogen and oxygen atoms in total. The summed E-state index contributed by atoms with van der Waals surface area (Å²) in [6.07, 6.45) is -5.76. The second kappa shape index (κ2) is 9.10. The monoisotopic (exact) mass is 408 g/mol. The molecule has 26 heavy (non-hydrogen) atoms. The fraction of sp³-hybridized carbons (Fsp3) is 0.500. The number of oxime groups is 1. The van der Waals surface area contributed by atoms with Gasteiger partial charge < -0.3 is 29.7 Å². The minimum absolute atomic E-state index is 0.0278. The summed E-state index contributed by atoms with van der Waals surface area (Å²) in [4.78, 5) is 0. The van der Waals surface area contributed by atoms with E-state index in [1.165, 1.54) is 0 Å². The van der Waals surface area contributed by atoms with Crippen molar-refractivity contribution < 1.29 is 42.4 Å². The summed E-state index contributed by atoms with van der Waals surface area (Å²) in [6, 6.07) is 8.67. The quantitative estimate of drug-likeness (QED) is 0.144. The molecule has 0 spiro atoms. The van der Waals surface area contributed by atoms with Gasteiger partial charge >= 0.3 is 0 Å². The number of ether oxygens (including phenoxy) is 1. The lowest BCUT2D eigenvalue weighted by molar-refractivity contribution is -0.205. The summed E-state index contributed by atoms with van der Waals surface area (Å²) < 4.78 is 41.2. The van der Waals surface area contributed by atoms with Gasteiger partial charge in [0.1, 0.15) is 34.9 Å². The molecule has 1 heterocycles. The Hall–Kier alpha value is -1.25. The van der Waals surface area contributed by atoms with Crippen molar-refractivity contribution in [2.45, 2.75) is 36.3 Å². The maximum Gasteiger partial charge on any atom is 0.284 e. The number of thioether (sulfide) groups is 1. The predicted molar refractivity (Wildman–Crippen MR) is 89.7 cm³/mol. The number of nitrogens with zero attached hydrogens (tertiary/aromatic N) is 1. The van der Waals surface area contributed by atoms with E-state index in [9.17, 15) is 33.4 Å². The molecule has 12 heteroatoms. The van der Waals surface area contributed by atoms with Gasteiger partial charge in [-0.15, -0.1) is 0 Å². The van der Waals surface area contributed by atoms with E-state index in [0.717, 1.165) is 0 Å². The van der Waals surface area contributed by atoms with Crippen molar-refractivity contribution in [1.82, 2.24) is 0 Å². The van der Waals surface area contributed by atoms with Crippen LogP contribution < -0.4 is 0 Å². The Balaban J connectivity index is 2.19. The number of hydrogen-bond donors (Lipinski definition) is 4. The van der Waals surface area contributed by atoms with E-state index in [2.05, 4.69) is 9.44 Å². The van der Waals surface area contributed by atoms with Crippen LogP contribution in [0.1, 0.15) is 5.56 Å². The Bertz CT molecular complexity index is 710. The molecular weight excluding hydrogens is 390 g/mol. The van der Waals surface area contributed by atoms with Crippen molar-refractivity contribution in [2.75, 3.05) is 6.61 Å². The topological polar surface area (TPSA) is 169 Å². The Morgan fingerprint density at radius 2 is 1.85 bits per heavy atom. The smallest absolute Gasteiger partial charge is 0.284 e. The molecule has 1 aliphatic heterocycles. The SMILES string of the molecule is O=S(=O)([O-])ON=C(Cc1ccccc1)S[C@@H]1O[C@H](CO)[C@@H](O)[C@H](O)[C@H]1O. The molecule has 5 atom stereocenters. The fourth-order valence-electron chi connectivity index (χ4n) is 2.25. The molecule has 1 saturated heterocycles. The van der Waals surface area contributed by atoms with Crippen LogP contribution in [0.25, 0.3) is 0 Å². The molecule has 0 aliphatic carbocycles. The van der Waals surface area contributed by atoms with Crippen LogP contribution in [0.5, 0.6) is 0 Å². The van der Waals surface area contributed by atoms with E-state index in [1.807, 2.05) is 0 Å². The fourth-order valence-corrected chi connectivity index (χ4v) is 3.58. The number of hydrogen-bond acceptors (Lipinski definition) is 11. The van der Waals surface area contributed by atoms with E-state index in [0.29, 0.717) is 17.3 Å². The number of benzene rings is 1. The zero-order chi connectivity index (χ0) is 19.3. The van der Waals surface area contributed by atoms with Crippen molar-refractivity contribution in [3.63, 3.8) is 0 Å². The lowest BCUT2D eigenvalue weighted by Crippen LogP contribution is -2.57. The minimum atomic E-state index is -5.08. The summed E-state index contributed by atoms with van der Waals surface area (Å²) in [5.74, 6) is 0. The first-order valence-electron chi connectivity index (χ1n) is 7.43. The lowest BCUT2D eigenvalue weighted by atomic mass is 10.0. The molecule has 4 N–H and O–H groups in total. The highest BCUT2D eigenvalue weighted by atomic mass is 32.3. The van der Waals surface area contributed by atoms with Crippen molar-refractivity contribution >= 4 is 27.2 Å². The molecule has 1 fully saturated rings. The Morgan fingerprint density at radius 3 is 2.42 bits per heavy atom. The van der Waals surface area contributed by atoms with Gasteiger partial charge in [0.05, 0.1) is 6.61 Å². The van der Waals surface area contributed by atoms with Gasteiger partial charge in [-0.3, -0.25) is 4.28 Å². The molecule has 1 aromatic carbocycles. The van der Waals surface area contributed by atoms with E-state index >= 15 is 0 Å². The first-order valence-corrected chi connectivity index (χ1v) is 9.65. The first-order chi connectivity index (χ1) is 12.2. The normalized spacial score (nSPS) is 30.2. The standard InChI is InChI=1S/C14H19NO9S2/c16-7-9-11(17)12(18)13(19)14(23-9)25-10(15-24-26(20,21)22)6-8-4-2-1-3-5-8/h1-5,9,11-14,16-19H,6-7H2,(H,20,21,22)/p-1/t9-,11-,12+,13-,14+/m1/s1. The van der Waals surface area contributed by atoms with Crippen LogP contribution in [0, 0.1) is 0 Å². The van der Waals surface area contributed by atoms with Gasteiger partial charge in [0, 0.05) is 6.42 Å². The van der Waals surface area contributed by atoms with Gasteiger partial charge in [0.15, 0.2) is 0 Å². The van der Waals surface area contributed by atoms with E-state index in [1.54, 1.807) is 30.3 Å².